The molecule has 1 aromatic rings. The van der Waals surface area contributed by atoms with E-state index < -0.39 is 29.9 Å². The van der Waals surface area contributed by atoms with Gasteiger partial charge in [-0.05, 0) is 24.0 Å². The van der Waals surface area contributed by atoms with Crippen molar-refractivity contribution in [3.05, 3.63) is 35.9 Å². The third-order valence-electron chi connectivity index (χ3n) is 3.31. The molecule has 0 heterocycles. The van der Waals surface area contributed by atoms with Crippen LogP contribution in [0.25, 0.3) is 0 Å². The molecule has 0 unspecified atom stereocenters. The van der Waals surface area contributed by atoms with E-state index in [0.717, 1.165) is 11.3 Å². The molecule has 2 atom stereocenters. The average Bonchev–Trinajstić information content (AvgIpc) is 2.57. The van der Waals surface area contributed by atoms with Crippen molar-refractivity contribution in [2.75, 3.05) is 18.6 Å². The molecular weight excluding hydrogens is 330 g/mol. The van der Waals surface area contributed by atoms with Crippen LogP contribution in [-0.4, -0.2) is 53.5 Å². The molecule has 0 fully saturated rings. The summed E-state index contributed by atoms with van der Waals surface area (Å²) in [5.74, 6) is -1.37. The van der Waals surface area contributed by atoms with Gasteiger partial charge in [0.25, 0.3) is 0 Å². The molecule has 132 valence electrons. The van der Waals surface area contributed by atoms with E-state index in [9.17, 15) is 19.5 Å². The molecule has 0 saturated heterocycles. The van der Waals surface area contributed by atoms with E-state index in [1.165, 1.54) is 0 Å². The maximum Gasteiger partial charge on any atom is 0.326 e. The lowest BCUT2D eigenvalue weighted by molar-refractivity contribution is -0.141. The molecule has 0 radical (unpaired) electrons. The van der Waals surface area contributed by atoms with E-state index in [-0.39, 0.29) is 13.0 Å². The first-order valence-electron chi connectivity index (χ1n) is 7.52. The number of nitrogens with two attached hydrogens (primary N) is 1. The van der Waals surface area contributed by atoms with Gasteiger partial charge in [-0.1, -0.05) is 30.3 Å². The standard InChI is InChI=1S/C16H23N3O4S/c1-24-8-7-12(17)15(21)18-10-14(20)19-13(16(22)23)9-11-5-3-2-4-6-11/h2-6,12-13H,7-10,17H2,1H3,(H,18,21)(H,19,20)(H,22,23)/t12-,13-/m0/s1. The van der Waals surface area contributed by atoms with Crippen LogP contribution >= 0.6 is 11.8 Å². The Morgan fingerprint density at radius 3 is 2.50 bits per heavy atom. The zero-order valence-electron chi connectivity index (χ0n) is 13.5. The van der Waals surface area contributed by atoms with Gasteiger partial charge in [-0.3, -0.25) is 9.59 Å². The molecule has 24 heavy (non-hydrogen) atoms. The Labute approximate surface area is 145 Å². The Kier molecular flexibility index (Phi) is 8.88. The number of aliphatic carboxylic acids is 1. The number of rotatable bonds is 10. The van der Waals surface area contributed by atoms with Crippen molar-refractivity contribution >= 4 is 29.5 Å². The van der Waals surface area contributed by atoms with Crippen LogP contribution in [0.1, 0.15) is 12.0 Å². The zero-order chi connectivity index (χ0) is 17.9. The van der Waals surface area contributed by atoms with Crippen LogP contribution in [0, 0.1) is 0 Å². The lowest BCUT2D eigenvalue weighted by atomic mass is 10.1. The molecule has 8 heteroatoms. The Morgan fingerprint density at radius 2 is 1.92 bits per heavy atom. The number of carbonyl (C=O) groups excluding carboxylic acids is 2. The van der Waals surface area contributed by atoms with Gasteiger partial charge in [0.1, 0.15) is 6.04 Å². The number of amides is 2. The van der Waals surface area contributed by atoms with Gasteiger partial charge in [-0.15, -0.1) is 0 Å². The van der Waals surface area contributed by atoms with Gasteiger partial charge in [0.05, 0.1) is 12.6 Å². The molecule has 0 bridgehead atoms. The second-order valence-corrected chi connectivity index (χ2v) is 6.24. The van der Waals surface area contributed by atoms with Crippen LogP contribution in [0.3, 0.4) is 0 Å². The van der Waals surface area contributed by atoms with Crippen molar-refractivity contribution < 1.29 is 19.5 Å². The maximum absolute atomic E-state index is 11.9. The summed E-state index contributed by atoms with van der Waals surface area (Å²) in [6, 6.07) is 7.27. The van der Waals surface area contributed by atoms with Crippen LogP contribution in [-0.2, 0) is 20.8 Å². The van der Waals surface area contributed by atoms with Gasteiger partial charge >= 0.3 is 5.97 Å². The first kappa shape index (κ1) is 20.0. The first-order chi connectivity index (χ1) is 11.4. The van der Waals surface area contributed by atoms with E-state index in [0.29, 0.717) is 6.42 Å². The Bertz CT molecular complexity index is 554. The number of hydrogen-bond donors (Lipinski definition) is 4. The summed E-state index contributed by atoms with van der Waals surface area (Å²) in [4.78, 5) is 34.9. The summed E-state index contributed by atoms with van der Waals surface area (Å²) in [6.07, 6.45) is 2.60. The lowest BCUT2D eigenvalue weighted by Crippen LogP contribution is -2.49. The van der Waals surface area contributed by atoms with E-state index in [1.807, 2.05) is 12.3 Å². The van der Waals surface area contributed by atoms with Gasteiger partial charge in [0, 0.05) is 6.42 Å². The molecule has 1 aromatic carbocycles. The van der Waals surface area contributed by atoms with Crippen molar-refractivity contribution in [2.24, 2.45) is 5.73 Å². The maximum atomic E-state index is 11.9. The smallest absolute Gasteiger partial charge is 0.326 e. The fourth-order valence-corrected chi connectivity index (χ4v) is 2.46. The van der Waals surface area contributed by atoms with Crippen LogP contribution in [0.4, 0.5) is 0 Å². The molecule has 7 nitrogen and oxygen atoms in total. The Balaban J connectivity index is 2.45. The fraction of sp³-hybridized carbons (Fsp3) is 0.438. The third kappa shape index (κ3) is 7.47. The summed E-state index contributed by atoms with van der Waals surface area (Å²) in [7, 11) is 0. The van der Waals surface area contributed by atoms with Crippen molar-refractivity contribution in [3.63, 3.8) is 0 Å². The first-order valence-corrected chi connectivity index (χ1v) is 8.91. The third-order valence-corrected chi connectivity index (χ3v) is 3.95. The van der Waals surface area contributed by atoms with E-state index >= 15 is 0 Å². The van der Waals surface area contributed by atoms with Crippen molar-refractivity contribution in [2.45, 2.75) is 24.9 Å². The molecule has 5 N–H and O–H groups in total. The molecule has 0 aromatic heterocycles. The van der Waals surface area contributed by atoms with Crippen molar-refractivity contribution in [1.29, 1.82) is 0 Å². The average molecular weight is 353 g/mol. The molecule has 1 rings (SSSR count). The summed E-state index contributed by atoms with van der Waals surface area (Å²) in [5.41, 5.74) is 6.49. The normalized spacial score (nSPS) is 12.9. The predicted octanol–water partition coefficient (Wildman–Crippen LogP) is -0.00490. The van der Waals surface area contributed by atoms with Gasteiger partial charge in [0.2, 0.25) is 11.8 Å². The highest BCUT2D eigenvalue weighted by Gasteiger charge is 2.21. The lowest BCUT2D eigenvalue weighted by Gasteiger charge is -2.16. The quantitative estimate of drug-likeness (QED) is 0.470. The number of benzene rings is 1. The summed E-state index contributed by atoms with van der Waals surface area (Å²) in [5, 5.41) is 14.0. The molecule has 0 spiro atoms. The summed E-state index contributed by atoms with van der Waals surface area (Å²) in [6.45, 7) is -0.301. The van der Waals surface area contributed by atoms with Gasteiger partial charge in [0.15, 0.2) is 0 Å². The topological polar surface area (TPSA) is 122 Å². The predicted molar refractivity (Wildman–Crippen MR) is 93.7 cm³/mol. The number of carboxylic acid groups (broad SMARTS) is 1. The van der Waals surface area contributed by atoms with E-state index in [4.69, 9.17) is 5.73 Å². The van der Waals surface area contributed by atoms with Gasteiger partial charge in [-0.2, -0.15) is 11.8 Å². The summed E-state index contributed by atoms with van der Waals surface area (Å²) < 4.78 is 0. The number of carbonyl (C=O) groups is 3. The van der Waals surface area contributed by atoms with Gasteiger partial charge in [-0.25, -0.2) is 4.79 Å². The number of hydrogen-bond acceptors (Lipinski definition) is 5. The van der Waals surface area contributed by atoms with Crippen LogP contribution in [0.2, 0.25) is 0 Å². The van der Waals surface area contributed by atoms with Gasteiger partial charge < -0.3 is 21.5 Å². The second-order valence-electron chi connectivity index (χ2n) is 5.25. The van der Waals surface area contributed by atoms with Crippen molar-refractivity contribution in [3.8, 4) is 0 Å². The largest absolute Gasteiger partial charge is 0.480 e. The highest BCUT2D eigenvalue weighted by atomic mass is 32.2. The van der Waals surface area contributed by atoms with E-state index in [2.05, 4.69) is 10.6 Å². The molecule has 0 aliphatic rings. The minimum absolute atomic E-state index is 0.170. The molecule has 0 saturated carbocycles. The monoisotopic (exact) mass is 353 g/mol. The minimum Gasteiger partial charge on any atom is -0.480 e. The fourth-order valence-electron chi connectivity index (χ4n) is 1.97. The highest BCUT2D eigenvalue weighted by Crippen LogP contribution is 2.03. The highest BCUT2D eigenvalue weighted by molar-refractivity contribution is 7.98. The Hall–Kier alpha value is -2.06. The summed E-state index contributed by atoms with van der Waals surface area (Å²) >= 11 is 1.58. The molecule has 0 aliphatic carbocycles. The number of nitrogens with one attached hydrogen (secondary N) is 2. The minimum atomic E-state index is -1.13. The second kappa shape index (κ2) is 10.7. The number of thioether (sulfide) groups is 1. The molecule has 0 aliphatic heterocycles. The van der Waals surface area contributed by atoms with Crippen LogP contribution < -0.4 is 16.4 Å². The van der Waals surface area contributed by atoms with Crippen LogP contribution in [0.15, 0.2) is 30.3 Å². The van der Waals surface area contributed by atoms with Crippen LogP contribution in [0.5, 0.6) is 0 Å². The molecule has 2 amide bonds. The van der Waals surface area contributed by atoms with Crippen molar-refractivity contribution in [1.82, 2.24) is 10.6 Å². The number of carboxylic acids is 1. The zero-order valence-corrected chi connectivity index (χ0v) is 14.3. The Morgan fingerprint density at radius 1 is 1.25 bits per heavy atom. The van der Waals surface area contributed by atoms with E-state index in [1.54, 1.807) is 36.0 Å². The molecular formula is C16H23N3O4S. The SMILES string of the molecule is CSCC[C@H](N)C(=O)NCC(=O)N[C@@H](Cc1ccccc1)C(=O)O.